The van der Waals surface area contributed by atoms with Gasteiger partial charge in [0.1, 0.15) is 18.5 Å². The maximum atomic E-state index is 9.82. The molecule has 1 N–H and O–H groups in total. The standard InChI is InChI=1S/C27H21IN4O2/c1-16-8-23-24(9-17(16)2)32-27(31-23)21(14-30)10-18-11-22(28)26(25(12-18)33-3)34-15-20-7-5-4-6-19(20)13-29/h4-12H,15H2,1-3H3,(H,31,32)/b21-10+. The molecule has 0 aliphatic carbocycles. The zero-order valence-corrected chi connectivity index (χ0v) is 21.1. The van der Waals surface area contributed by atoms with Gasteiger partial charge < -0.3 is 14.5 Å². The van der Waals surface area contributed by atoms with Gasteiger partial charge in [0.15, 0.2) is 11.5 Å². The second-order valence-electron chi connectivity index (χ2n) is 7.80. The van der Waals surface area contributed by atoms with Crippen LogP contribution in [0.1, 0.15) is 33.6 Å². The number of ether oxygens (including phenoxy) is 2. The summed E-state index contributed by atoms with van der Waals surface area (Å²) in [6, 6.07) is 19.6. The molecule has 0 unspecified atom stereocenters. The Morgan fingerprint density at radius 3 is 2.62 bits per heavy atom. The summed E-state index contributed by atoms with van der Waals surface area (Å²) in [7, 11) is 1.57. The van der Waals surface area contributed by atoms with Crippen molar-refractivity contribution in [1.82, 2.24) is 9.97 Å². The van der Waals surface area contributed by atoms with E-state index in [1.54, 1.807) is 19.3 Å². The highest BCUT2D eigenvalue weighted by Crippen LogP contribution is 2.36. The molecular formula is C27H21IN4O2. The monoisotopic (exact) mass is 560 g/mol. The number of nitrogens with one attached hydrogen (secondary N) is 1. The number of halogens is 1. The molecule has 3 aromatic carbocycles. The quantitative estimate of drug-likeness (QED) is 0.220. The van der Waals surface area contributed by atoms with Gasteiger partial charge in [-0.15, -0.1) is 0 Å². The molecule has 0 aliphatic heterocycles. The fraction of sp³-hybridized carbons (Fsp3) is 0.148. The van der Waals surface area contributed by atoms with E-state index in [9.17, 15) is 10.5 Å². The van der Waals surface area contributed by atoms with Crippen LogP contribution >= 0.6 is 22.6 Å². The van der Waals surface area contributed by atoms with Crippen molar-refractivity contribution in [2.75, 3.05) is 7.11 Å². The highest BCUT2D eigenvalue weighted by Gasteiger charge is 2.14. The molecule has 4 aromatic rings. The van der Waals surface area contributed by atoms with Gasteiger partial charge in [0.05, 0.1) is 38.9 Å². The molecule has 0 radical (unpaired) electrons. The minimum absolute atomic E-state index is 0.243. The van der Waals surface area contributed by atoms with E-state index in [1.807, 2.05) is 56.3 Å². The van der Waals surface area contributed by atoms with Crippen LogP contribution < -0.4 is 9.47 Å². The predicted octanol–water partition coefficient (Wildman–Crippen LogP) is 6.31. The average molecular weight is 560 g/mol. The number of benzene rings is 3. The van der Waals surface area contributed by atoms with E-state index in [2.05, 4.69) is 44.7 Å². The zero-order valence-electron chi connectivity index (χ0n) is 18.9. The van der Waals surface area contributed by atoms with Crippen molar-refractivity contribution in [3.63, 3.8) is 0 Å². The lowest BCUT2D eigenvalue weighted by Crippen LogP contribution is -2.02. The first-order valence-corrected chi connectivity index (χ1v) is 11.6. The molecule has 0 amide bonds. The van der Waals surface area contributed by atoms with Crippen molar-refractivity contribution in [1.29, 1.82) is 10.5 Å². The summed E-state index contributed by atoms with van der Waals surface area (Å²) in [5.41, 5.74) is 6.62. The Kier molecular flexibility index (Phi) is 6.85. The molecule has 168 valence electrons. The van der Waals surface area contributed by atoms with Crippen LogP contribution in [0.15, 0.2) is 48.5 Å². The number of aromatic amines is 1. The molecule has 0 bridgehead atoms. The van der Waals surface area contributed by atoms with Crippen LogP contribution in [0.5, 0.6) is 11.5 Å². The number of rotatable bonds is 6. The molecule has 4 rings (SSSR count). The SMILES string of the molecule is COc1cc(/C=C(\C#N)c2nc3cc(C)c(C)cc3[nH]2)cc(I)c1OCc1ccccc1C#N. The van der Waals surface area contributed by atoms with E-state index in [4.69, 9.17) is 9.47 Å². The van der Waals surface area contributed by atoms with E-state index < -0.39 is 0 Å². The number of hydrogen-bond acceptors (Lipinski definition) is 5. The van der Waals surface area contributed by atoms with Crippen molar-refractivity contribution in [2.24, 2.45) is 0 Å². The van der Waals surface area contributed by atoms with E-state index in [0.29, 0.717) is 28.5 Å². The molecule has 0 saturated carbocycles. The van der Waals surface area contributed by atoms with Crippen LogP contribution in [0.25, 0.3) is 22.7 Å². The number of allylic oxidation sites excluding steroid dienone is 1. The van der Waals surface area contributed by atoms with Crippen LogP contribution in [0, 0.1) is 40.1 Å². The average Bonchev–Trinajstić information content (AvgIpc) is 3.24. The first kappa shape index (κ1) is 23.3. The summed E-state index contributed by atoms with van der Waals surface area (Å²) in [6.07, 6.45) is 1.77. The minimum Gasteiger partial charge on any atom is -0.493 e. The lowest BCUT2D eigenvalue weighted by Gasteiger charge is -2.14. The maximum Gasteiger partial charge on any atom is 0.174 e. The van der Waals surface area contributed by atoms with Crippen molar-refractivity contribution in [3.8, 4) is 23.6 Å². The molecule has 0 aliphatic rings. The fourth-order valence-electron chi connectivity index (χ4n) is 3.59. The molecule has 0 fully saturated rings. The molecule has 34 heavy (non-hydrogen) atoms. The molecule has 1 heterocycles. The molecule has 6 nitrogen and oxygen atoms in total. The minimum atomic E-state index is 0.243. The van der Waals surface area contributed by atoms with Gasteiger partial charge in [-0.05, 0) is 89.5 Å². The van der Waals surface area contributed by atoms with E-state index in [1.165, 1.54) is 0 Å². The van der Waals surface area contributed by atoms with Gasteiger partial charge in [-0.3, -0.25) is 0 Å². The maximum absolute atomic E-state index is 9.82. The number of imidazole rings is 1. The Balaban J connectivity index is 1.66. The normalized spacial score (nSPS) is 11.2. The summed E-state index contributed by atoms with van der Waals surface area (Å²) in [6.45, 7) is 4.33. The molecule has 0 spiro atoms. The largest absolute Gasteiger partial charge is 0.493 e. The Morgan fingerprint density at radius 2 is 1.88 bits per heavy atom. The Bertz CT molecular complexity index is 1470. The van der Waals surface area contributed by atoms with Crippen molar-refractivity contribution < 1.29 is 9.47 Å². The lowest BCUT2D eigenvalue weighted by molar-refractivity contribution is 0.282. The number of aryl methyl sites for hydroxylation is 2. The van der Waals surface area contributed by atoms with Crippen molar-refractivity contribution in [2.45, 2.75) is 20.5 Å². The number of aromatic nitrogens is 2. The smallest absolute Gasteiger partial charge is 0.174 e. The third kappa shape index (κ3) is 4.75. The van der Waals surface area contributed by atoms with E-state index >= 15 is 0 Å². The first-order chi connectivity index (χ1) is 16.4. The molecular weight excluding hydrogens is 539 g/mol. The summed E-state index contributed by atoms with van der Waals surface area (Å²) in [5.74, 6) is 1.65. The van der Waals surface area contributed by atoms with Crippen molar-refractivity contribution >= 4 is 45.3 Å². The molecule has 1 aromatic heterocycles. The number of methoxy groups -OCH3 is 1. The Labute approximate surface area is 211 Å². The number of H-pyrrole nitrogens is 1. The summed E-state index contributed by atoms with van der Waals surface area (Å²) >= 11 is 2.18. The number of hydrogen-bond donors (Lipinski definition) is 1. The summed E-state index contributed by atoms with van der Waals surface area (Å²) < 4.78 is 12.4. The Hall–Kier alpha value is -3.82. The molecule has 7 heteroatoms. The van der Waals surface area contributed by atoms with Gasteiger partial charge >= 0.3 is 0 Å². The van der Waals surface area contributed by atoms with E-state index in [0.717, 1.165) is 36.9 Å². The van der Waals surface area contributed by atoms with Gasteiger partial charge in [0.2, 0.25) is 0 Å². The second-order valence-corrected chi connectivity index (χ2v) is 8.96. The van der Waals surface area contributed by atoms with Gasteiger partial charge in [-0.25, -0.2) is 4.98 Å². The van der Waals surface area contributed by atoms with Crippen LogP contribution in [-0.4, -0.2) is 17.1 Å². The van der Waals surface area contributed by atoms with Crippen LogP contribution in [0.2, 0.25) is 0 Å². The van der Waals surface area contributed by atoms with Crippen LogP contribution in [-0.2, 0) is 6.61 Å². The van der Waals surface area contributed by atoms with Gasteiger partial charge in [0, 0.05) is 5.56 Å². The van der Waals surface area contributed by atoms with E-state index in [-0.39, 0.29) is 6.61 Å². The number of nitriles is 2. The third-order valence-electron chi connectivity index (χ3n) is 5.55. The topological polar surface area (TPSA) is 94.7 Å². The van der Waals surface area contributed by atoms with Crippen LogP contribution in [0.4, 0.5) is 0 Å². The molecule has 0 atom stereocenters. The second kappa shape index (κ2) is 9.98. The van der Waals surface area contributed by atoms with Gasteiger partial charge in [-0.1, -0.05) is 18.2 Å². The number of nitrogens with zero attached hydrogens (tertiary/aromatic N) is 3. The van der Waals surface area contributed by atoms with Gasteiger partial charge in [0.25, 0.3) is 0 Å². The highest BCUT2D eigenvalue weighted by atomic mass is 127. The summed E-state index contributed by atoms with van der Waals surface area (Å²) in [4.78, 5) is 7.87. The van der Waals surface area contributed by atoms with Crippen molar-refractivity contribution in [3.05, 3.63) is 85.7 Å². The summed E-state index contributed by atoms with van der Waals surface area (Å²) in [5, 5.41) is 19.1. The number of fused-ring (bicyclic) bond motifs is 1. The van der Waals surface area contributed by atoms with Crippen LogP contribution in [0.3, 0.4) is 0 Å². The zero-order chi connectivity index (χ0) is 24.2. The van der Waals surface area contributed by atoms with Gasteiger partial charge in [-0.2, -0.15) is 10.5 Å². The third-order valence-corrected chi connectivity index (χ3v) is 6.35. The fourth-order valence-corrected chi connectivity index (χ4v) is 4.37. The lowest BCUT2D eigenvalue weighted by atomic mass is 10.1. The molecule has 0 saturated heterocycles. The predicted molar refractivity (Wildman–Crippen MR) is 140 cm³/mol. The first-order valence-electron chi connectivity index (χ1n) is 10.5. The highest BCUT2D eigenvalue weighted by molar-refractivity contribution is 14.1. The Morgan fingerprint density at radius 1 is 1.12 bits per heavy atom.